The first-order valence-corrected chi connectivity index (χ1v) is 5.07. The average molecular weight is 201 g/mol. The summed E-state index contributed by atoms with van der Waals surface area (Å²) in [4.78, 5) is 0. The molecule has 0 saturated carbocycles. The van der Waals surface area contributed by atoms with Crippen molar-refractivity contribution in [2.45, 2.75) is 20.4 Å². The smallest absolute Gasteiger partial charge is 0.134 e. The first-order chi connectivity index (χ1) is 7.20. The van der Waals surface area contributed by atoms with Gasteiger partial charge in [0.05, 0.1) is 0 Å². The minimum atomic E-state index is 0.580. The van der Waals surface area contributed by atoms with Gasteiger partial charge in [-0.2, -0.15) is 0 Å². The van der Waals surface area contributed by atoms with E-state index < -0.39 is 0 Å². The van der Waals surface area contributed by atoms with E-state index >= 15 is 0 Å². The number of hydrogen-bond acceptors (Lipinski definition) is 2. The van der Waals surface area contributed by atoms with Gasteiger partial charge >= 0.3 is 0 Å². The molecular weight excluding hydrogens is 186 g/mol. The number of hydrogen-bond donors (Lipinski definition) is 1. The zero-order valence-corrected chi connectivity index (χ0v) is 9.08. The van der Waals surface area contributed by atoms with Crippen LogP contribution >= 0.6 is 0 Å². The summed E-state index contributed by atoms with van der Waals surface area (Å²) in [5.74, 6) is 1.90. The first kappa shape index (κ1) is 9.99. The summed E-state index contributed by atoms with van der Waals surface area (Å²) < 4.78 is 5.64. The molecule has 2 nitrogen and oxygen atoms in total. The monoisotopic (exact) mass is 201 g/mol. The van der Waals surface area contributed by atoms with Crippen molar-refractivity contribution < 1.29 is 4.42 Å². The van der Waals surface area contributed by atoms with Crippen molar-refractivity contribution in [2.75, 3.05) is 0 Å². The fourth-order valence-electron chi connectivity index (χ4n) is 1.52. The van der Waals surface area contributed by atoms with Crippen molar-refractivity contribution in [2.24, 2.45) is 5.73 Å². The largest absolute Gasteiger partial charge is 0.461 e. The minimum Gasteiger partial charge on any atom is -0.461 e. The van der Waals surface area contributed by atoms with Crippen molar-refractivity contribution in [3.63, 3.8) is 0 Å². The summed E-state index contributed by atoms with van der Waals surface area (Å²) in [6, 6.07) is 10.2. The lowest BCUT2D eigenvalue weighted by molar-refractivity contribution is 0.545. The molecule has 0 fully saturated rings. The Morgan fingerprint density at radius 3 is 2.27 bits per heavy atom. The molecule has 2 N–H and O–H groups in total. The summed E-state index contributed by atoms with van der Waals surface area (Å²) in [6.07, 6.45) is 0. The summed E-state index contributed by atoms with van der Waals surface area (Å²) in [5.41, 5.74) is 8.97. The van der Waals surface area contributed by atoms with E-state index in [4.69, 9.17) is 10.2 Å². The molecule has 1 heterocycles. The zero-order valence-electron chi connectivity index (χ0n) is 9.08. The second-order valence-corrected chi connectivity index (χ2v) is 3.75. The van der Waals surface area contributed by atoms with Gasteiger partial charge in [-0.05, 0) is 31.0 Å². The van der Waals surface area contributed by atoms with Gasteiger partial charge in [-0.15, -0.1) is 0 Å². The lowest BCUT2D eigenvalue weighted by Gasteiger charge is -1.99. The predicted molar refractivity (Wildman–Crippen MR) is 61.5 cm³/mol. The van der Waals surface area contributed by atoms with Crippen LogP contribution in [0.5, 0.6) is 0 Å². The lowest BCUT2D eigenvalue weighted by atomic mass is 10.1. The van der Waals surface area contributed by atoms with Gasteiger partial charge in [0.15, 0.2) is 0 Å². The van der Waals surface area contributed by atoms with Gasteiger partial charge in [-0.25, -0.2) is 0 Å². The molecule has 0 saturated heterocycles. The van der Waals surface area contributed by atoms with Crippen LogP contribution < -0.4 is 5.73 Å². The van der Waals surface area contributed by atoms with E-state index in [1.54, 1.807) is 0 Å². The van der Waals surface area contributed by atoms with Crippen molar-refractivity contribution in [1.82, 2.24) is 0 Å². The van der Waals surface area contributed by atoms with Crippen LogP contribution in [0.25, 0.3) is 11.3 Å². The summed E-state index contributed by atoms with van der Waals surface area (Å²) in [7, 11) is 0. The molecule has 15 heavy (non-hydrogen) atoms. The van der Waals surface area contributed by atoms with E-state index in [0.717, 1.165) is 22.6 Å². The highest BCUT2D eigenvalue weighted by atomic mass is 16.3. The summed E-state index contributed by atoms with van der Waals surface area (Å²) in [6.45, 7) is 4.61. The van der Waals surface area contributed by atoms with Crippen LogP contribution in [0, 0.1) is 13.8 Å². The summed E-state index contributed by atoms with van der Waals surface area (Å²) in [5, 5.41) is 0. The fourth-order valence-corrected chi connectivity index (χ4v) is 1.52. The summed E-state index contributed by atoms with van der Waals surface area (Å²) >= 11 is 0. The topological polar surface area (TPSA) is 39.2 Å². The Hall–Kier alpha value is -1.54. The Bertz CT molecular complexity index is 434. The number of aryl methyl sites for hydroxylation is 2. The Morgan fingerprint density at radius 2 is 1.80 bits per heavy atom. The van der Waals surface area contributed by atoms with Gasteiger partial charge in [0.25, 0.3) is 0 Å². The van der Waals surface area contributed by atoms with Crippen LogP contribution in [0.4, 0.5) is 0 Å². The van der Waals surface area contributed by atoms with Gasteiger partial charge in [-0.1, -0.05) is 24.3 Å². The third-order valence-corrected chi connectivity index (χ3v) is 2.64. The van der Waals surface area contributed by atoms with Crippen molar-refractivity contribution in [3.05, 3.63) is 47.2 Å². The maximum Gasteiger partial charge on any atom is 0.134 e. The number of benzene rings is 1. The van der Waals surface area contributed by atoms with Crippen LogP contribution in [0.2, 0.25) is 0 Å². The molecule has 2 aromatic rings. The third kappa shape index (κ3) is 1.95. The van der Waals surface area contributed by atoms with Crippen LogP contribution in [0.15, 0.2) is 34.7 Å². The molecule has 1 aromatic carbocycles. The molecule has 0 aliphatic carbocycles. The van der Waals surface area contributed by atoms with E-state index in [-0.39, 0.29) is 0 Å². The van der Waals surface area contributed by atoms with Gasteiger partial charge in [0.1, 0.15) is 11.5 Å². The molecule has 0 bridgehead atoms. The highest BCUT2D eigenvalue weighted by Gasteiger charge is 2.05. The molecular formula is C13H15NO. The number of rotatable bonds is 2. The Balaban J connectivity index is 2.37. The maximum atomic E-state index is 5.64. The maximum absolute atomic E-state index is 5.64. The van der Waals surface area contributed by atoms with E-state index in [0.29, 0.717) is 6.54 Å². The van der Waals surface area contributed by atoms with Gasteiger partial charge in [0.2, 0.25) is 0 Å². The third-order valence-electron chi connectivity index (χ3n) is 2.64. The van der Waals surface area contributed by atoms with E-state index in [1.807, 2.05) is 31.2 Å². The van der Waals surface area contributed by atoms with Gasteiger partial charge in [0, 0.05) is 12.1 Å². The van der Waals surface area contributed by atoms with E-state index in [9.17, 15) is 0 Å². The van der Waals surface area contributed by atoms with E-state index in [2.05, 4.69) is 13.0 Å². The lowest BCUT2D eigenvalue weighted by Crippen LogP contribution is -1.94. The second kappa shape index (κ2) is 3.91. The van der Waals surface area contributed by atoms with Gasteiger partial charge in [-0.3, -0.25) is 0 Å². The Morgan fingerprint density at radius 1 is 1.13 bits per heavy atom. The second-order valence-electron chi connectivity index (χ2n) is 3.75. The van der Waals surface area contributed by atoms with Crippen molar-refractivity contribution in [3.8, 4) is 11.3 Å². The highest BCUT2D eigenvalue weighted by Crippen LogP contribution is 2.24. The molecule has 78 valence electrons. The first-order valence-electron chi connectivity index (χ1n) is 5.07. The average Bonchev–Trinajstić information content (AvgIpc) is 2.59. The van der Waals surface area contributed by atoms with Crippen LogP contribution in [-0.2, 0) is 6.54 Å². The van der Waals surface area contributed by atoms with E-state index in [1.165, 1.54) is 5.56 Å². The molecule has 0 aliphatic heterocycles. The highest BCUT2D eigenvalue weighted by molar-refractivity contribution is 5.59. The molecule has 2 rings (SSSR count). The molecule has 0 spiro atoms. The van der Waals surface area contributed by atoms with Crippen LogP contribution in [-0.4, -0.2) is 0 Å². The molecule has 0 radical (unpaired) electrons. The zero-order chi connectivity index (χ0) is 10.8. The number of nitrogens with two attached hydrogens (primary N) is 1. The van der Waals surface area contributed by atoms with Crippen LogP contribution in [0.3, 0.4) is 0 Å². The van der Waals surface area contributed by atoms with Crippen molar-refractivity contribution in [1.29, 1.82) is 0 Å². The molecule has 2 heteroatoms. The van der Waals surface area contributed by atoms with Crippen molar-refractivity contribution >= 4 is 0 Å². The predicted octanol–water partition coefficient (Wildman–Crippen LogP) is 3.02. The quantitative estimate of drug-likeness (QED) is 0.811. The molecule has 0 aliphatic rings. The standard InChI is InChI=1S/C13H15NO/c1-9-7-13(15-10(9)2)12-5-3-11(8-14)4-6-12/h3-7H,8,14H2,1-2H3. The van der Waals surface area contributed by atoms with Gasteiger partial charge < -0.3 is 10.2 Å². The SMILES string of the molecule is Cc1cc(-c2ccc(CN)cc2)oc1C. The number of furan rings is 1. The molecule has 1 aromatic heterocycles. The molecule has 0 unspecified atom stereocenters. The fraction of sp³-hybridized carbons (Fsp3) is 0.231. The van der Waals surface area contributed by atoms with Crippen LogP contribution in [0.1, 0.15) is 16.9 Å². The molecule has 0 atom stereocenters. The minimum absolute atomic E-state index is 0.580. The normalized spacial score (nSPS) is 10.6. The Labute approximate surface area is 89.7 Å². The Kier molecular flexibility index (Phi) is 2.60. The molecule has 0 amide bonds.